The largest absolute Gasteiger partial charge is 0.491 e. The zero-order valence-electron chi connectivity index (χ0n) is 11.8. The van der Waals surface area contributed by atoms with Crippen molar-refractivity contribution in [2.75, 3.05) is 18.5 Å². The van der Waals surface area contributed by atoms with E-state index in [0.29, 0.717) is 36.0 Å². The van der Waals surface area contributed by atoms with Crippen molar-refractivity contribution in [1.82, 2.24) is 4.90 Å². The number of carbonyl (C=O) groups is 2. The molecule has 1 fully saturated rings. The van der Waals surface area contributed by atoms with Crippen LogP contribution in [0.5, 0.6) is 5.75 Å². The summed E-state index contributed by atoms with van der Waals surface area (Å²) in [7, 11) is 0. The van der Waals surface area contributed by atoms with Gasteiger partial charge in [0.1, 0.15) is 11.8 Å². The van der Waals surface area contributed by atoms with E-state index in [4.69, 9.17) is 16.3 Å². The highest BCUT2D eigenvalue weighted by atomic mass is 35.5. The molecule has 5 nitrogen and oxygen atoms in total. The Morgan fingerprint density at radius 1 is 1.43 bits per heavy atom. The topological polar surface area (TPSA) is 58.6 Å². The van der Waals surface area contributed by atoms with Gasteiger partial charge in [0, 0.05) is 30.5 Å². The molecule has 1 aromatic rings. The molecule has 0 bridgehead atoms. The van der Waals surface area contributed by atoms with Gasteiger partial charge in [-0.3, -0.25) is 9.59 Å². The Balaban J connectivity index is 1.81. The molecule has 3 rings (SSSR count). The Kier molecular flexibility index (Phi) is 3.76. The standard InChI is InChI=1S/C15H17ClN2O3/c1-9(19)18-5-2-3-13(18)15(20)17-12-8-11(16)7-10-4-6-21-14(10)12/h7-8,13H,2-6H2,1H3,(H,17,20). The number of ether oxygens (including phenoxy) is 1. The van der Waals surface area contributed by atoms with Crippen molar-refractivity contribution in [1.29, 1.82) is 0 Å². The zero-order valence-corrected chi connectivity index (χ0v) is 12.6. The minimum Gasteiger partial charge on any atom is -0.491 e. The van der Waals surface area contributed by atoms with Gasteiger partial charge in [-0.05, 0) is 25.0 Å². The summed E-state index contributed by atoms with van der Waals surface area (Å²) in [5.41, 5.74) is 1.60. The lowest BCUT2D eigenvalue weighted by atomic mass is 10.1. The van der Waals surface area contributed by atoms with Crippen LogP contribution in [0.3, 0.4) is 0 Å². The monoisotopic (exact) mass is 308 g/mol. The van der Waals surface area contributed by atoms with Gasteiger partial charge >= 0.3 is 0 Å². The highest BCUT2D eigenvalue weighted by Gasteiger charge is 2.33. The number of amides is 2. The molecule has 1 saturated heterocycles. The fourth-order valence-electron chi connectivity index (χ4n) is 2.99. The van der Waals surface area contributed by atoms with Crippen molar-refractivity contribution in [3.8, 4) is 5.75 Å². The SMILES string of the molecule is CC(=O)N1CCCC1C(=O)Nc1cc(Cl)cc2c1OCC2. The summed E-state index contributed by atoms with van der Waals surface area (Å²) in [6.45, 7) is 2.73. The quantitative estimate of drug-likeness (QED) is 0.911. The third kappa shape index (κ3) is 2.70. The highest BCUT2D eigenvalue weighted by molar-refractivity contribution is 6.31. The van der Waals surface area contributed by atoms with E-state index in [1.807, 2.05) is 6.07 Å². The number of likely N-dealkylation sites (tertiary alicyclic amines) is 1. The van der Waals surface area contributed by atoms with Crippen LogP contribution in [0.15, 0.2) is 12.1 Å². The number of anilines is 1. The van der Waals surface area contributed by atoms with Crippen LogP contribution in [0.25, 0.3) is 0 Å². The van der Waals surface area contributed by atoms with Crippen LogP contribution < -0.4 is 10.1 Å². The number of nitrogens with one attached hydrogen (secondary N) is 1. The Hall–Kier alpha value is -1.75. The molecule has 2 aliphatic heterocycles. The Labute approximate surface area is 128 Å². The molecule has 0 aromatic heterocycles. The number of hydrogen-bond donors (Lipinski definition) is 1. The summed E-state index contributed by atoms with van der Waals surface area (Å²) in [4.78, 5) is 25.6. The van der Waals surface area contributed by atoms with E-state index in [0.717, 1.165) is 18.4 Å². The van der Waals surface area contributed by atoms with Crippen molar-refractivity contribution in [3.05, 3.63) is 22.7 Å². The van der Waals surface area contributed by atoms with Crippen molar-refractivity contribution in [3.63, 3.8) is 0 Å². The van der Waals surface area contributed by atoms with Gasteiger partial charge in [0.2, 0.25) is 11.8 Å². The predicted octanol–water partition coefficient (Wildman–Crippen LogP) is 2.22. The summed E-state index contributed by atoms with van der Waals surface area (Å²) in [5.74, 6) is 0.447. The summed E-state index contributed by atoms with van der Waals surface area (Å²) < 4.78 is 5.57. The molecule has 0 aliphatic carbocycles. The Morgan fingerprint density at radius 2 is 2.24 bits per heavy atom. The lowest BCUT2D eigenvalue weighted by Gasteiger charge is -2.22. The number of benzene rings is 1. The second kappa shape index (κ2) is 5.56. The maximum Gasteiger partial charge on any atom is 0.247 e. The van der Waals surface area contributed by atoms with Crippen LogP contribution in [-0.2, 0) is 16.0 Å². The normalized spacial score (nSPS) is 20.1. The minimum absolute atomic E-state index is 0.0692. The molecule has 112 valence electrons. The van der Waals surface area contributed by atoms with Crippen LogP contribution in [0.1, 0.15) is 25.3 Å². The summed E-state index contributed by atoms with van der Waals surface area (Å²) >= 11 is 6.08. The number of rotatable bonds is 2. The zero-order chi connectivity index (χ0) is 15.0. The molecular weight excluding hydrogens is 292 g/mol. The molecule has 21 heavy (non-hydrogen) atoms. The third-order valence-electron chi connectivity index (χ3n) is 3.97. The third-order valence-corrected chi connectivity index (χ3v) is 4.18. The smallest absolute Gasteiger partial charge is 0.247 e. The molecule has 6 heteroatoms. The molecule has 0 radical (unpaired) electrons. The second-order valence-electron chi connectivity index (χ2n) is 5.40. The molecule has 1 unspecified atom stereocenters. The van der Waals surface area contributed by atoms with Crippen molar-refractivity contribution >= 4 is 29.1 Å². The molecule has 0 saturated carbocycles. The molecule has 0 spiro atoms. The lowest BCUT2D eigenvalue weighted by Crippen LogP contribution is -2.42. The van der Waals surface area contributed by atoms with Crippen molar-refractivity contribution in [2.45, 2.75) is 32.2 Å². The van der Waals surface area contributed by atoms with Crippen LogP contribution in [0.4, 0.5) is 5.69 Å². The van der Waals surface area contributed by atoms with E-state index < -0.39 is 6.04 Å². The minimum atomic E-state index is -0.404. The Bertz CT molecular complexity index is 603. The maximum absolute atomic E-state index is 12.4. The molecule has 1 aromatic carbocycles. The van der Waals surface area contributed by atoms with E-state index in [1.54, 1.807) is 11.0 Å². The first-order valence-corrected chi connectivity index (χ1v) is 7.47. The van der Waals surface area contributed by atoms with Gasteiger partial charge in [-0.25, -0.2) is 0 Å². The molecule has 1 N–H and O–H groups in total. The van der Waals surface area contributed by atoms with Crippen LogP contribution in [0.2, 0.25) is 5.02 Å². The first-order valence-electron chi connectivity index (χ1n) is 7.09. The predicted molar refractivity (Wildman–Crippen MR) is 79.7 cm³/mol. The first kappa shape index (κ1) is 14.2. The average molecular weight is 309 g/mol. The highest BCUT2D eigenvalue weighted by Crippen LogP contribution is 2.37. The van der Waals surface area contributed by atoms with Gasteiger partial charge in [-0.15, -0.1) is 0 Å². The van der Waals surface area contributed by atoms with Gasteiger partial charge in [-0.2, -0.15) is 0 Å². The van der Waals surface area contributed by atoms with E-state index in [9.17, 15) is 9.59 Å². The second-order valence-corrected chi connectivity index (χ2v) is 5.84. The number of carbonyl (C=O) groups excluding carboxylic acids is 2. The van der Waals surface area contributed by atoms with E-state index in [-0.39, 0.29) is 11.8 Å². The molecule has 2 heterocycles. The number of fused-ring (bicyclic) bond motifs is 1. The van der Waals surface area contributed by atoms with Gasteiger partial charge in [0.25, 0.3) is 0 Å². The first-order chi connectivity index (χ1) is 10.1. The van der Waals surface area contributed by atoms with Gasteiger partial charge in [0.05, 0.1) is 12.3 Å². The molecule has 2 amide bonds. The Morgan fingerprint density at radius 3 is 3.00 bits per heavy atom. The van der Waals surface area contributed by atoms with Crippen molar-refractivity contribution in [2.24, 2.45) is 0 Å². The fraction of sp³-hybridized carbons (Fsp3) is 0.467. The number of halogens is 1. The average Bonchev–Trinajstić information content (AvgIpc) is 3.06. The number of hydrogen-bond acceptors (Lipinski definition) is 3. The molecule has 2 aliphatic rings. The van der Waals surface area contributed by atoms with E-state index in [2.05, 4.69) is 5.32 Å². The van der Waals surface area contributed by atoms with Crippen LogP contribution in [0, 0.1) is 0 Å². The lowest BCUT2D eigenvalue weighted by molar-refractivity contribution is -0.134. The molecular formula is C15H17ClN2O3. The number of nitrogens with zero attached hydrogens (tertiary/aromatic N) is 1. The summed E-state index contributed by atoms with van der Waals surface area (Å²) in [6.07, 6.45) is 2.33. The summed E-state index contributed by atoms with van der Waals surface area (Å²) in [6, 6.07) is 3.15. The van der Waals surface area contributed by atoms with Gasteiger partial charge in [-0.1, -0.05) is 11.6 Å². The maximum atomic E-state index is 12.4. The van der Waals surface area contributed by atoms with Crippen LogP contribution >= 0.6 is 11.6 Å². The fourth-order valence-corrected chi connectivity index (χ4v) is 3.24. The van der Waals surface area contributed by atoms with Crippen molar-refractivity contribution < 1.29 is 14.3 Å². The summed E-state index contributed by atoms with van der Waals surface area (Å²) in [5, 5.41) is 3.44. The van der Waals surface area contributed by atoms with E-state index >= 15 is 0 Å². The van der Waals surface area contributed by atoms with Gasteiger partial charge in [0.15, 0.2) is 0 Å². The molecule has 1 atom stereocenters. The van der Waals surface area contributed by atoms with Crippen LogP contribution in [-0.4, -0.2) is 35.9 Å². The van der Waals surface area contributed by atoms with Gasteiger partial charge < -0.3 is 15.0 Å². The van der Waals surface area contributed by atoms with E-state index in [1.165, 1.54) is 6.92 Å².